The number of hydrogen-bond acceptors (Lipinski definition) is 5. The Morgan fingerprint density at radius 2 is 1.57 bits per heavy atom. The van der Waals surface area contributed by atoms with Crippen molar-refractivity contribution in [3.8, 4) is 17.2 Å². The van der Waals surface area contributed by atoms with Crippen LogP contribution in [0.2, 0.25) is 0 Å². The van der Waals surface area contributed by atoms with Gasteiger partial charge >= 0.3 is 5.97 Å². The minimum Gasteiger partial charge on any atom is -0.496 e. The molecule has 5 nitrogen and oxygen atoms in total. The van der Waals surface area contributed by atoms with Crippen LogP contribution in [0.4, 0.5) is 0 Å². The summed E-state index contributed by atoms with van der Waals surface area (Å²) in [5.74, 6) is 1.18. The highest BCUT2D eigenvalue weighted by Crippen LogP contribution is 2.33. The number of hydrogen-bond donors (Lipinski definition) is 0. The number of ether oxygens (including phenoxy) is 3. The summed E-state index contributed by atoms with van der Waals surface area (Å²) in [7, 11) is 3.15. The van der Waals surface area contributed by atoms with E-state index in [1.165, 1.54) is 6.08 Å². The Morgan fingerprint density at radius 3 is 2.11 bits per heavy atom. The molecule has 0 heterocycles. The molecule has 0 saturated carbocycles. The molecule has 148 valence electrons. The Bertz CT molecular complexity index is 886. The second kappa shape index (κ2) is 8.74. The van der Waals surface area contributed by atoms with Gasteiger partial charge in [0.2, 0.25) is 0 Å². The lowest BCUT2D eigenvalue weighted by molar-refractivity contribution is -0.142. The Balaban J connectivity index is 2.20. The highest BCUT2D eigenvalue weighted by atomic mass is 16.5. The second-order valence-electron chi connectivity index (χ2n) is 7.39. The van der Waals surface area contributed by atoms with E-state index in [-0.39, 0.29) is 11.8 Å². The van der Waals surface area contributed by atoms with Gasteiger partial charge in [0, 0.05) is 5.56 Å². The molecule has 0 saturated heterocycles. The first-order valence-corrected chi connectivity index (χ1v) is 8.93. The van der Waals surface area contributed by atoms with Crippen LogP contribution in [0.25, 0.3) is 6.08 Å². The Hall–Kier alpha value is -3.08. The Morgan fingerprint density at radius 1 is 0.929 bits per heavy atom. The smallest absolute Gasteiger partial charge is 0.316 e. The number of methoxy groups -OCH3 is 2. The first kappa shape index (κ1) is 21.2. The lowest BCUT2D eigenvalue weighted by Gasteiger charge is -2.16. The number of benzene rings is 2. The van der Waals surface area contributed by atoms with Crippen molar-refractivity contribution >= 4 is 17.8 Å². The number of carbonyl (C=O) groups is 2. The fourth-order valence-corrected chi connectivity index (χ4v) is 2.50. The fraction of sp³-hybridized carbons (Fsp3) is 0.304. The predicted octanol–water partition coefficient (Wildman–Crippen LogP) is 4.86. The van der Waals surface area contributed by atoms with E-state index in [4.69, 9.17) is 14.2 Å². The normalized spacial score (nSPS) is 11.4. The van der Waals surface area contributed by atoms with Crippen molar-refractivity contribution in [1.29, 1.82) is 0 Å². The highest BCUT2D eigenvalue weighted by molar-refractivity contribution is 6.07. The highest BCUT2D eigenvalue weighted by Gasteiger charge is 2.23. The lowest BCUT2D eigenvalue weighted by atomic mass is 9.97. The average molecular weight is 382 g/mol. The largest absolute Gasteiger partial charge is 0.496 e. The van der Waals surface area contributed by atoms with Crippen LogP contribution in [0, 0.1) is 12.3 Å². The van der Waals surface area contributed by atoms with Gasteiger partial charge < -0.3 is 14.2 Å². The maximum absolute atomic E-state index is 12.5. The molecule has 0 spiro atoms. The Labute approximate surface area is 165 Å². The van der Waals surface area contributed by atoms with Crippen molar-refractivity contribution < 1.29 is 23.8 Å². The van der Waals surface area contributed by atoms with Crippen molar-refractivity contribution in [3.05, 3.63) is 59.2 Å². The molecule has 2 aromatic carbocycles. The van der Waals surface area contributed by atoms with Gasteiger partial charge in [-0.05, 0) is 75.7 Å². The predicted molar refractivity (Wildman–Crippen MR) is 109 cm³/mol. The SMILES string of the molecule is COc1ccc(C)c(OC)c1/C=C/C(=O)c1ccc(OC(=O)C(C)(C)C)cc1. The third-order valence-electron chi connectivity index (χ3n) is 4.14. The van der Waals surface area contributed by atoms with Crippen LogP contribution in [0.3, 0.4) is 0 Å². The summed E-state index contributed by atoms with van der Waals surface area (Å²) in [6.45, 7) is 7.28. The lowest BCUT2D eigenvalue weighted by Crippen LogP contribution is -2.25. The molecule has 0 aromatic heterocycles. The Kier molecular flexibility index (Phi) is 6.62. The van der Waals surface area contributed by atoms with Crippen molar-refractivity contribution in [2.45, 2.75) is 27.7 Å². The van der Waals surface area contributed by atoms with E-state index in [1.807, 2.05) is 19.1 Å². The number of allylic oxidation sites excluding steroid dienone is 1. The topological polar surface area (TPSA) is 61.8 Å². The van der Waals surface area contributed by atoms with E-state index in [9.17, 15) is 9.59 Å². The van der Waals surface area contributed by atoms with Crippen molar-refractivity contribution in [3.63, 3.8) is 0 Å². The van der Waals surface area contributed by atoms with E-state index in [2.05, 4.69) is 0 Å². The molecule has 2 aromatic rings. The molecular weight excluding hydrogens is 356 g/mol. The molecule has 0 bridgehead atoms. The van der Waals surface area contributed by atoms with Crippen molar-refractivity contribution in [2.24, 2.45) is 5.41 Å². The van der Waals surface area contributed by atoms with E-state index < -0.39 is 5.41 Å². The van der Waals surface area contributed by atoms with E-state index in [1.54, 1.807) is 65.3 Å². The van der Waals surface area contributed by atoms with Gasteiger partial charge in [-0.2, -0.15) is 0 Å². The molecular formula is C23H26O5. The first-order valence-electron chi connectivity index (χ1n) is 8.93. The molecule has 0 aliphatic rings. The van der Waals surface area contributed by atoms with Gasteiger partial charge in [0.25, 0.3) is 0 Å². The van der Waals surface area contributed by atoms with Gasteiger partial charge in [0.15, 0.2) is 5.78 Å². The van der Waals surface area contributed by atoms with E-state index in [0.717, 1.165) is 5.56 Å². The van der Waals surface area contributed by atoms with Crippen molar-refractivity contribution in [2.75, 3.05) is 14.2 Å². The molecule has 0 aliphatic carbocycles. The average Bonchev–Trinajstić information content (AvgIpc) is 2.66. The van der Waals surface area contributed by atoms with Crippen LogP contribution in [0.15, 0.2) is 42.5 Å². The minimum absolute atomic E-state index is 0.181. The van der Waals surface area contributed by atoms with Gasteiger partial charge in [-0.1, -0.05) is 6.07 Å². The third kappa shape index (κ3) is 5.00. The zero-order valence-corrected chi connectivity index (χ0v) is 17.2. The van der Waals surface area contributed by atoms with E-state index >= 15 is 0 Å². The molecule has 0 aliphatic heterocycles. The quantitative estimate of drug-likeness (QED) is 0.309. The molecule has 0 fully saturated rings. The summed E-state index contributed by atoms with van der Waals surface area (Å²) in [6.07, 6.45) is 3.15. The summed E-state index contributed by atoms with van der Waals surface area (Å²) in [5.41, 5.74) is 1.54. The number of aryl methyl sites for hydroxylation is 1. The molecule has 0 radical (unpaired) electrons. The zero-order valence-electron chi connectivity index (χ0n) is 17.2. The molecule has 2 rings (SSSR count). The van der Waals surface area contributed by atoms with Gasteiger partial charge in [0.05, 0.1) is 25.2 Å². The number of rotatable bonds is 6. The molecule has 0 atom stereocenters. The maximum Gasteiger partial charge on any atom is 0.316 e. The molecule has 28 heavy (non-hydrogen) atoms. The molecule has 0 unspecified atom stereocenters. The fourth-order valence-electron chi connectivity index (χ4n) is 2.50. The van der Waals surface area contributed by atoms with Crippen LogP contribution in [-0.2, 0) is 4.79 Å². The number of ketones is 1. The number of carbonyl (C=O) groups excluding carboxylic acids is 2. The molecule has 5 heteroatoms. The van der Waals surface area contributed by atoms with Crippen LogP contribution < -0.4 is 14.2 Å². The third-order valence-corrected chi connectivity index (χ3v) is 4.14. The van der Waals surface area contributed by atoms with Gasteiger partial charge in [0.1, 0.15) is 17.2 Å². The summed E-state index contributed by atoms with van der Waals surface area (Å²) in [4.78, 5) is 24.5. The van der Waals surface area contributed by atoms with Crippen LogP contribution in [-0.4, -0.2) is 26.0 Å². The summed E-state index contributed by atoms with van der Waals surface area (Å²) in [6, 6.07) is 10.2. The summed E-state index contributed by atoms with van der Waals surface area (Å²) in [5, 5.41) is 0. The summed E-state index contributed by atoms with van der Waals surface area (Å²) < 4.78 is 16.1. The molecule has 0 amide bonds. The number of esters is 1. The van der Waals surface area contributed by atoms with Crippen molar-refractivity contribution in [1.82, 2.24) is 0 Å². The van der Waals surface area contributed by atoms with Crippen LogP contribution >= 0.6 is 0 Å². The van der Waals surface area contributed by atoms with Crippen LogP contribution in [0.5, 0.6) is 17.2 Å². The van der Waals surface area contributed by atoms with Gasteiger partial charge in [-0.3, -0.25) is 9.59 Å². The van der Waals surface area contributed by atoms with Crippen LogP contribution in [0.1, 0.15) is 42.3 Å². The van der Waals surface area contributed by atoms with Gasteiger partial charge in [-0.15, -0.1) is 0 Å². The second-order valence-corrected chi connectivity index (χ2v) is 7.39. The standard InChI is InChI=1S/C23H26O5/c1-15-7-14-20(26-5)18(21(15)27-6)12-13-19(24)16-8-10-17(11-9-16)28-22(25)23(2,3)4/h7-14H,1-6H3/b13-12+. The van der Waals surface area contributed by atoms with Gasteiger partial charge in [-0.25, -0.2) is 0 Å². The molecule has 0 N–H and O–H groups in total. The zero-order chi connectivity index (χ0) is 20.9. The first-order chi connectivity index (χ1) is 13.2. The minimum atomic E-state index is -0.594. The maximum atomic E-state index is 12.5. The monoisotopic (exact) mass is 382 g/mol. The van der Waals surface area contributed by atoms with E-state index in [0.29, 0.717) is 28.4 Å². The summed E-state index contributed by atoms with van der Waals surface area (Å²) >= 11 is 0.